The van der Waals surface area contributed by atoms with Crippen molar-refractivity contribution in [2.75, 3.05) is 32.8 Å². The molecule has 0 heterocycles. The molecule has 12 nitrogen and oxygen atoms in total. The topological polar surface area (TPSA) is 174 Å². The quantitative estimate of drug-likeness (QED) is 0.0851. The average Bonchev–Trinajstić information content (AvgIpc) is 3.50. The van der Waals surface area contributed by atoms with E-state index >= 15 is 0 Å². The molecule has 5 rings (SSSR count). The first-order chi connectivity index (χ1) is 26.6. The number of rotatable bonds is 18. The Kier molecular flexibility index (Phi) is 16.4. The Balaban J connectivity index is 0.000000299. The normalized spacial score (nSPS) is 12.5. The van der Waals surface area contributed by atoms with Gasteiger partial charge in [-0.15, -0.1) is 0 Å². The van der Waals surface area contributed by atoms with Gasteiger partial charge >= 0.3 is 18.0 Å². The number of nitrogens with zero attached hydrogens (tertiary/aromatic N) is 1. The molecule has 0 saturated heterocycles. The highest BCUT2D eigenvalue weighted by Crippen LogP contribution is 2.44. The van der Waals surface area contributed by atoms with Crippen LogP contribution in [0.3, 0.4) is 0 Å². The van der Waals surface area contributed by atoms with E-state index in [0.29, 0.717) is 13.0 Å². The van der Waals surface area contributed by atoms with Gasteiger partial charge in [0.2, 0.25) is 11.8 Å². The number of carboxylic acid groups (broad SMARTS) is 2. The summed E-state index contributed by atoms with van der Waals surface area (Å²) in [5.41, 5.74) is 6.17. The lowest BCUT2D eigenvalue weighted by atomic mass is 9.98. The molecular weight excluding hydrogens is 700 g/mol. The van der Waals surface area contributed by atoms with E-state index in [9.17, 15) is 29.1 Å². The first kappa shape index (κ1) is 41.7. The Morgan fingerprint density at radius 1 is 0.655 bits per heavy atom. The molecule has 0 unspecified atom stereocenters. The van der Waals surface area contributed by atoms with Crippen molar-refractivity contribution in [2.45, 2.75) is 57.5 Å². The number of amides is 3. The molecule has 0 saturated carbocycles. The fourth-order valence-electron chi connectivity index (χ4n) is 6.33. The first-order valence-corrected chi connectivity index (χ1v) is 18.5. The van der Waals surface area contributed by atoms with Gasteiger partial charge in [0.25, 0.3) is 0 Å². The minimum atomic E-state index is -1.13. The molecule has 4 aromatic carbocycles. The molecule has 5 N–H and O–H groups in total. The summed E-state index contributed by atoms with van der Waals surface area (Å²) < 4.78 is 5.69. The summed E-state index contributed by atoms with van der Waals surface area (Å²) in [6.07, 6.45) is 1.41. The van der Waals surface area contributed by atoms with E-state index in [4.69, 9.17) is 9.84 Å². The van der Waals surface area contributed by atoms with Crippen LogP contribution >= 0.6 is 0 Å². The molecule has 1 aliphatic carbocycles. The van der Waals surface area contributed by atoms with E-state index in [1.54, 1.807) is 0 Å². The smallest absolute Gasteiger partial charge is 0.410 e. The van der Waals surface area contributed by atoms with Crippen LogP contribution < -0.4 is 16.0 Å². The molecule has 3 amide bonds. The van der Waals surface area contributed by atoms with E-state index in [-0.39, 0.29) is 44.4 Å². The van der Waals surface area contributed by atoms with Gasteiger partial charge in [0.1, 0.15) is 25.2 Å². The Labute approximate surface area is 321 Å². The summed E-state index contributed by atoms with van der Waals surface area (Å²) in [4.78, 5) is 61.4. The second kappa shape index (κ2) is 21.6. The van der Waals surface area contributed by atoms with Gasteiger partial charge in [0.05, 0.1) is 6.54 Å². The zero-order chi connectivity index (χ0) is 39.6. The molecule has 1 aliphatic rings. The number of hydrogen-bond donors (Lipinski definition) is 5. The molecule has 290 valence electrons. The molecule has 0 spiro atoms. The SMILES string of the molecule is CCCN(CC(=O)N[C@@H](Cc1ccccc1)C(=O)O)C(=O)OCC1c2ccccc2-c2ccccc21.CCCNCC(=O)N[C@@H](Cc1ccccc1)C(=O)O. The summed E-state index contributed by atoms with van der Waals surface area (Å²) in [6.45, 7) is 4.98. The Bertz CT molecular complexity index is 1830. The lowest BCUT2D eigenvalue weighted by Gasteiger charge is -2.23. The minimum absolute atomic E-state index is 0.0825. The van der Waals surface area contributed by atoms with Crippen LogP contribution in [0.4, 0.5) is 4.79 Å². The number of hydrogen-bond acceptors (Lipinski definition) is 7. The van der Waals surface area contributed by atoms with E-state index in [1.807, 2.05) is 111 Å². The molecule has 0 fully saturated rings. The highest BCUT2D eigenvalue weighted by Gasteiger charge is 2.30. The van der Waals surface area contributed by atoms with Gasteiger partial charge in [0.15, 0.2) is 0 Å². The van der Waals surface area contributed by atoms with Crippen molar-refractivity contribution in [1.29, 1.82) is 0 Å². The number of benzene rings is 4. The number of carbonyl (C=O) groups is 5. The number of nitrogens with one attached hydrogen (secondary N) is 3. The summed E-state index contributed by atoms with van der Waals surface area (Å²) in [5, 5.41) is 26.7. The van der Waals surface area contributed by atoms with Gasteiger partial charge in [-0.2, -0.15) is 0 Å². The predicted octanol–water partition coefficient (Wildman–Crippen LogP) is 5.26. The third kappa shape index (κ3) is 12.8. The molecule has 0 aromatic heterocycles. The number of aliphatic carboxylic acids is 2. The Hall–Kier alpha value is -6.01. The molecule has 0 bridgehead atoms. The fourth-order valence-corrected chi connectivity index (χ4v) is 6.33. The van der Waals surface area contributed by atoms with Crippen molar-refractivity contribution < 1.29 is 38.9 Å². The van der Waals surface area contributed by atoms with Crippen molar-refractivity contribution in [2.24, 2.45) is 0 Å². The maximum atomic E-state index is 13.0. The molecule has 0 radical (unpaired) electrons. The third-order valence-electron chi connectivity index (χ3n) is 8.97. The van der Waals surface area contributed by atoms with Crippen molar-refractivity contribution in [1.82, 2.24) is 20.9 Å². The molecular formula is C43H50N4O8. The predicted molar refractivity (Wildman–Crippen MR) is 210 cm³/mol. The number of fused-ring (bicyclic) bond motifs is 3. The molecule has 4 aromatic rings. The maximum absolute atomic E-state index is 13.0. The summed E-state index contributed by atoms with van der Waals surface area (Å²) in [5.74, 6) is -3.07. The van der Waals surface area contributed by atoms with Crippen LogP contribution in [-0.2, 0) is 36.8 Å². The number of carbonyl (C=O) groups excluding carboxylic acids is 3. The standard InChI is InChI=1S/C29H30N2O5.C14H20N2O3/c1-2-16-31(18-27(32)30-26(28(33)34)17-20-10-4-3-5-11-20)29(35)36-19-25-23-14-8-6-12-21(23)22-13-7-9-15-24(22)25;1-2-8-15-10-13(17)16-12(14(18)19)9-11-6-4-3-5-7-11/h3-15,25-26H,2,16-19H2,1H3,(H,30,32)(H,33,34);3-7,12,15H,2,8-10H2,1H3,(H,16,17)(H,18,19)/t26-;12-/m00/s1. The summed E-state index contributed by atoms with van der Waals surface area (Å²) in [6, 6.07) is 32.5. The third-order valence-corrected chi connectivity index (χ3v) is 8.97. The second-order valence-electron chi connectivity index (χ2n) is 13.2. The Morgan fingerprint density at radius 2 is 1.13 bits per heavy atom. The minimum Gasteiger partial charge on any atom is -0.480 e. The van der Waals surface area contributed by atoms with E-state index in [0.717, 1.165) is 46.3 Å². The largest absolute Gasteiger partial charge is 0.480 e. The average molecular weight is 751 g/mol. The van der Waals surface area contributed by atoms with E-state index < -0.39 is 36.0 Å². The van der Waals surface area contributed by atoms with Gasteiger partial charge in [-0.1, -0.05) is 123 Å². The molecule has 12 heteroatoms. The van der Waals surface area contributed by atoms with Crippen molar-refractivity contribution >= 4 is 29.8 Å². The fraction of sp³-hybridized carbons (Fsp3) is 0.326. The van der Waals surface area contributed by atoms with Crippen LogP contribution in [-0.4, -0.2) is 89.8 Å². The molecule has 55 heavy (non-hydrogen) atoms. The lowest BCUT2D eigenvalue weighted by molar-refractivity contribution is -0.142. The molecule has 2 atom stereocenters. The van der Waals surface area contributed by atoms with Gasteiger partial charge in [-0.3, -0.25) is 14.5 Å². The van der Waals surface area contributed by atoms with Crippen molar-refractivity contribution in [3.05, 3.63) is 131 Å². The zero-order valence-electron chi connectivity index (χ0n) is 31.3. The van der Waals surface area contributed by atoms with Crippen LogP contribution in [0.15, 0.2) is 109 Å². The Morgan fingerprint density at radius 3 is 1.60 bits per heavy atom. The van der Waals surface area contributed by atoms with Crippen molar-refractivity contribution in [3.8, 4) is 11.1 Å². The lowest BCUT2D eigenvalue weighted by Crippen LogP contribution is -2.48. The second-order valence-corrected chi connectivity index (χ2v) is 13.2. The highest BCUT2D eigenvalue weighted by atomic mass is 16.6. The maximum Gasteiger partial charge on any atom is 0.410 e. The van der Waals surface area contributed by atoms with Gasteiger partial charge in [-0.25, -0.2) is 14.4 Å². The number of carboxylic acids is 2. The van der Waals surface area contributed by atoms with Crippen LogP contribution in [0.25, 0.3) is 11.1 Å². The van der Waals surface area contributed by atoms with Crippen LogP contribution in [0.2, 0.25) is 0 Å². The molecule has 0 aliphatic heterocycles. The summed E-state index contributed by atoms with van der Waals surface area (Å²) in [7, 11) is 0. The summed E-state index contributed by atoms with van der Waals surface area (Å²) >= 11 is 0. The van der Waals surface area contributed by atoms with Crippen LogP contribution in [0.1, 0.15) is 54.9 Å². The monoisotopic (exact) mass is 750 g/mol. The number of ether oxygens (including phenoxy) is 1. The van der Waals surface area contributed by atoms with E-state index in [2.05, 4.69) is 28.1 Å². The van der Waals surface area contributed by atoms with Crippen molar-refractivity contribution in [3.63, 3.8) is 0 Å². The van der Waals surface area contributed by atoms with Gasteiger partial charge in [0, 0.05) is 25.3 Å². The van der Waals surface area contributed by atoms with Gasteiger partial charge < -0.3 is 30.9 Å². The van der Waals surface area contributed by atoms with Gasteiger partial charge in [-0.05, 0) is 52.8 Å². The first-order valence-electron chi connectivity index (χ1n) is 18.5. The van der Waals surface area contributed by atoms with E-state index in [1.165, 1.54) is 4.90 Å². The van der Waals surface area contributed by atoms with Crippen LogP contribution in [0.5, 0.6) is 0 Å². The highest BCUT2D eigenvalue weighted by molar-refractivity contribution is 5.87. The van der Waals surface area contributed by atoms with Crippen LogP contribution in [0, 0.1) is 0 Å². The zero-order valence-corrected chi connectivity index (χ0v) is 31.3.